The minimum atomic E-state index is 0.400. The average molecular weight is 246 g/mol. The Bertz CT molecular complexity index is 460. The molecule has 96 valence electrons. The van der Waals surface area contributed by atoms with Crippen molar-refractivity contribution >= 4 is 11.4 Å². The third kappa shape index (κ3) is 2.75. The van der Waals surface area contributed by atoms with Crippen LogP contribution in [0.4, 0.5) is 11.4 Å². The van der Waals surface area contributed by atoms with Crippen LogP contribution < -0.4 is 4.90 Å². The summed E-state index contributed by atoms with van der Waals surface area (Å²) >= 11 is 0. The van der Waals surface area contributed by atoms with Crippen LogP contribution >= 0.6 is 0 Å². The number of nitrogens with zero attached hydrogens (tertiary/aromatic N) is 4. The average Bonchev–Trinajstić information content (AvgIpc) is 2.40. The van der Waals surface area contributed by atoms with Gasteiger partial charge in [0.1, 0.15) is 0 Å². The molecule has 0 N–H and O–H groups in total. The lowest BCUT2D eigenvalue weighted by atomic mass is 9.99. The second-order valence-corrected chi connectivity index (χ2v) is 4.69. The number of hydrogen-bond acceptors (Lipinski definition) is 3. The minimum Gasteiger partial charge on any atom is -0.378 e. The minimum absolute atomic E-state index is 0.400. The summed E-state index contributed by atoms with van der Waals surface area (Å²) in [4.78, 5) is 5.17. The van der Waals surface area contributed by atoms with Crippen molar-refractivity contribution in [1.82, 2.24) is 0 Å². The summed E-state index contributed by atoms with van der Waals surface area (Å²) in [5.74, 6) is 0.400. The van der Waals surface area contributed by atoms with E-state index in [4.69, 9.17) is 10.3 Å². The van der Waals surface area contributed by atoms with Crippen LogP contribution in [0.5, 0.6) is 0 Å². The van der Waals surface area contributed by atoms with Gasteiger partial charge in [-0.15, -0.1) is 0 Å². The van der Waals surface area contributed by atoms with Crippen LogP contribution in [0, 0.1) is 0 Å². The molecule has 5 heteroatoms. The van der Waals surface area contributed by atoms with Crippen molar-refractivity contribution in [2.24, 2.45) is 5.11 Å². The highest BCUT2D eigenvalue weighted by molar-refractivity contribution is 5.60. The number of azide groups is 1. The Morgan fingerprint density at radius 2 is 2.06 bits per heavy atom. The molecule has 0 saturated carbocycles. The molecule has 1 fully saturated rings. The monoisotopic (exact) mass is 246 g/mol. The van der Waals surface area contributed by atoms with Crippen molar-refractivity contribution in [3.8, 4) is 0 Å². The summed E-state index contributed by atoms with van der Waals surface area (Å²) < 4.78 is 5.38. The van der Waals surface area contributed by atoms with E-state index < -0.39 is 0 Å². The molecule has 1 aliphatic heterocycles. The predicted molar refractivity (Wildman–Crippen MR) is 72.4 cm³/mol. The Morgan fingerprint density at radius 1 is 1.33 bits per heavy atom. The number of morpholine rings is 1. The highest BCUT2D eigenvalue weighted by Gasteiger charge is 2.16. The predicted octanol–water partition coefficient (Wildman–Crippen LogP) is 3.59. The first-order chi connectivity index (χ1) is 8.72. The maximum Gasteiger partial charge on any atom is 0.0642 e. The summed E-state index contributed by atoms with van der Waals surface area (Å²) in [5, 5.41) is 3.67. The molecule has 1 aliphatic rings. The van der Waals surface area contributed by atoms with Gasteiger partial charge in [-0.1, -0.05) is 25.0 Å². The molecule has 5 nitrogen and oxygen atoms in total. The van der Waals surface area contributed by atoms with Crippen molar-refractivity contribution in [3.63, 3.8) is 0 Å². The van der Waals surface area contributed by atoms with Gasteiger partial charge in [-0.3, -0.25) is 0 Å². The van der Waals surface area contributed by atoms with E-state index in [1.54, 1.807) is 0 Å². The lowest BCUT2D eigenvalue weighted by Crippen LogP contribution is -2.36. The molecular formula is C13H18N4O. The van der Waals surface area contributed by atoms with E-state index in [9.17, 15) is 0 Å². The highest BCUT2D eigenvalue weighted by atomic mass is 16.5. The first-order valence-corrected chi connectivity index (χ1v) is 6.24. The van der Waals surface area contributed by atoms with Gasteiger partial charge < -0.3 is 9.64 Å². The van der Waals surface area contributed by atoms with Gasteiger partial charge in [0.25, 0.3) is 0 Å². The second-order valence-electron chi connectivity index (χ2n) is 4.69. The topological polar surface area (TPSA) is 61.2 Å². The molecule has 1 aromatic carbocycles. The third-order valence-electron chi connectivity index (χ3n) is 3.15. The smallest absolute Gasteiger partial charge is 0.0642 e. The van der Waals surface area contributed by atoms with Crippen molar-refractivity contribution in [2.45, 2.75) is 19.8 Å². The number of ether oxygens (including phenoxy) is 1. The molecule has 0 radical (unpaired) electrons. The standard InChI is InChI=1S/C13H18N4O/c1-10(2)12-9-11(15-16-14)3-4-13(12)17-5-7-18-8-6-17/h3-4,9-10H,5-8H2,1-2H3. The molecule has 0 aliphatic carbocycles. The van der Waals surface area contributed by atoms with Crippen LogP contribution in [-0.4, -0.2) is 26.3 Å². The summed E-state index contributed by atoms with van der Waals surface area (Å²) in [5.41, 5.74) is 11.6. The molecule has 1 saturated heterocycles. The van der Waals surface area contributed by atoms with Gasteiger partial charge in [0.05, 0.1) is 13.2 Å². The normalized spacial score (nSPS) is 15.6. The van der Waals surface area contributed by atoms with Gasteiger partial charge >= 0.3 is 0 Å². The number of anilines is 1. The molecule has 0 spiro atoms. The lowest BCUT2D eigenvalue weighted by molar-refractivity contribution is 0.122. The summed E-state index contributed by atoms with van der Waals surface area (Å²) in [7, 11) is 0. The van der Waals surface area contributed by atoms with E-state index in [2.05, 4.69) is 28.8 Å². The Balaban J connectivity index is 2.36. The number of rotatable bonds is 3. The van der Waals surface area contributed by atoms with Crippen LogP contribution in [0.15, 0.2) is 23.3 Å². The van der Waals surface area contributed by atoms with Crippen molar-refractivity contribution in [2.75, 3.05) is 31.2 Å². The van der Waals surface area contributed by atoms with Gasteiger partial charge in [0, 0.05) is 29.4 Å². The molecule has 0 atom stereocenters. The Kier molecular flexibility index (Phi) is 4.07. The molecule has 18 heavy (non-hydrogen) atoms. The van der Waals surface area contributed by atoms with Crippen LogP contribution in [0.25, 0.3) is 10.4 Å². The third-order valence-corrected chi connectivity index (χ3v) is 3.15. The molecule has 2 rings (SSSR count). The lowest BCUT2D eigenvalue weighted by Gasteiger charge is -2.31. The zero-order chi connectivity index (χ0) is 13.0. The van der Waals surface area contributed by atoms with E-state index >= 15 is 0 Å². The zero-order valence-electron chi connectivity index (χ0n) is 10.8. The van der Waals surface area contributed by atoms with Gasteiger partial charge in [0.2, 0.25) is 0 Å². The quantitative estimate of drug-likeness (QED) is 0.465. The summed E-state index contributed by atoms with van der Waals surface area (Å²) in [6.45, 7) is 7.69. The fourth-order valence-electron chi connectivity index (χ4n) is 2.21. The van der Waals surface area contributed by atoms with Crippen LogP contribution in [0.1, 0.15) is 25.3 Å². The SMILES string of the molecule is CC(C)c1cc(N=[N+]=[N-])ccc1N1CCOCC1. The van der Waals surface area contributed by atoms with Crippen LogP contribution in [0.3, 0.4) is 0 Å². The van der Waals surface area contributed by atoms with Crippen LogP contribution in [0.2, 0.25) is 0 Å². The fraction of sp³-hybridized carbons (Fsp3) is 0.538. The Labute approximate surface area is 107 Å². The second kappa shape index (κ2) is 5.76. The van der Waals surface area contributed by atoms with E-state index in [-0.39, 0.29) is 0 Å². The van der Waals surface area contributed by atoms with Gasteiger partial charge in [-0.05, 0) is 29.1 Å². The Hall–Kier alpha value is -1.71. The number of hydrogen-bond donors (Lipinski definition) is 0. The first-order valence-electron chi connectivity index (χ1n) is 6.24. The fourth-order valence-corrected chi connectivity index (χ4v) is 2.21. The number of benzene rings is 1. The van der Waals surface area contributed by atoms with Crippen LogP contribution in [-0.2, 0) is 4.74 Å². The molecule has 0 aromatic heterocycles. The molecule has 0 bridgehead atoms. The van der Waals surface area contributed by atoms with E-state index in [0.717, 1.165) is 26.3 Å². The zero-order valence-corrected chi connectivity index (χ0v) is 10.8. The highest BCUT2D eigenvalue weighted by Crippen LogP contribution is 2.31. The Morgan fingerprint density at radius 3 is 2.67 bits per heavy atom. The van der Waals surface area contributed by atoms with Crippen molar-refractivity contribution in [1.29, 1.82) is 0 Å². The van der Waals surface area contributed by atoms with Crippen molar-refractivity contribution < 1.29 is 4.74 Å². The van der Waals surface area contributed by atoms with E-state index in [1.807, 2.05) is 18.2 Å². The molecular weight excluding hydrogens is 228 g/mol. The maximum atomic E-state index is 8.50. The summed E-state index contributed by atoms with van der Waals surface area (Å²) in [6, 6.07) is 5.90. The summed E-state index contributed by atoms with van der Waals surface area (Å²) in [6.07, 6.45) is 0. The molecule has 0 amide bonds. The van der Waals surface area contributed by atoms with E-state index in [0.29, 0.717) is 11.6 Å². The molecule has 1 heterocycles. The van der Waals surface area contributed by atoms with Gasteiger partial charge in [-0.25, -0.2) is 0 Å². The first kappa shape index (κ1) is 12.7. The van der Waals surface area contributed by atoms with E-state index in [1.165, 1.54) is 11.3 Å². The maximum absolute atomic E-state index is 8.50. The van der Waals surface area contributed by atoms with Crippen molar-refractivity contribution in [3.05, 3.63) is 34.2 Å². The van der Waals surface area contributed by atoms with Gasteiger partial charge in [-0.2, -0.15) is 0 Å². The molecule has 0 unspecified atom stereocenters. The largest absolute Gasteiger partial charge is 0.378 e. The molecule has 1 aromatic rings. The van der Waals surface area contributed by atoms with Gasteiger partial charge in [0.15, 0.2) is 0 Å².